The Labute approximate surface area is 159 Å². The lowest BCUT2D eigenvalue weighted by atomic mass is 10.2. The van der Waals surface area contributed by atoms with Gasteiger partial charge in [0.05, 0.1) is 5.25 Å². The van der Waals surface area contributed by atoms with Gasteiger partial charge in [0.1, 0.15) is 5.52 Å². The third kappa shape index (κ3) is 4.77. The van der Waals surface area contributed by atoms with Crippen molar-refractivity contribution in [3.63, 3.8) is 0 Å². The molecule has 6 nitrogen and oxygen atoms in total. The Balaban J connectivity index is 1.52. The van der Waals surface area contributed by atoms with Crippen molar-refractivity contribution in [2.45, 2.75) is 23.9 Å². The van der Waals surface area contributed by atoms with Crippen LogP contribution in [-0.2, 0) is 11.3 Å². The average molecular weight is 390 g/mol. The fraction of sp³-hybridized carbons (Fsp3) is 0.167. The number of fused-ring (bicyclic) bond motifs is 1. The minimum atomic E-state index is -0.555. The molecule has 0 aliphatic heterocycles. The molecular weight excluding hydrogens is 374 g/mol. The number of hydrogen-bond acceptors (Lipinski definition) is 5. The third-order valence-electron chi connectivity index (χ3n) is 3.51. The highest BCUT2D eigenvalue weighted by Crippen LogP contribution is 2.28. The first-order valence-electron chi connectivity index (χ1n) is 7.86. The van der Waals surface area contributed by atoms with E-state index < -0.39 is 17.2 Å². The second kappa shape index (κ2) is 8.25. The Hall–Kier alpha value is -2.51. The molecule has 134 valence electrons. The molecule has 8 heteroatoms. The van der Waals surface area contributed by atoms with E-state index in [1.54, 1.807) is 25.1 Å². The largest absolute Gasteiger partial charge is 0.431 e. The molecule has 1 atom stereocenters. The quantitative estimate of drug-likeness (QED) is 0.644. The first-order valence-corrected chi connectivity index (χ1v) is 9.12. The van der Waals surface area contributed by atoms with Crippen molar-refractivity contribution in [2.24, 2.45) is 0 Å². The van der Waals surface area contributed by atoms with Gasteiger partial charge in [-0.3, -0.25) is 10.1 Å². The Morgan fingerprint density at radius 2 is 2.00 bits per heavy atom. The Bertz CT molecular complexity index is 930. The van der Waals surface area contributed by atoms with Crippen molar-refractivity contribution in [3.8, 4) is 0 Å². The molecule has 0 radical (unpaired) electrons. The summed E-state index contributed by atoms with van der Waals surface area (Å²) in [6, 6.07) is 14.0. The van der Waals surface area contributed by atoms with Crippen molar-refractivity contribution in [3.05, 3.63) is 59.1 Å². The smallest absolute Gasteiger partial charge is 0.321 e. The molecule has 3 aromatic rings. The number of thioether (sulfide) groups is 1. The van der Waals surface area contributed by atoms with Crippen LogP contribution >= 0.6 is 23.4 Å². The molecule has 0 saturated heterocycles. The summed E-state index contributed by atoms with van der Waals surface area (Å²) >= 11 is 7.04. The summed E-state index contributed by atoms with van der Waals surface area (Å²) in [5.41, 5.74) is 2.15. The van der Waals surface area contributed by atoms with E-state index in [1.807, 2.05) is 30.3 Å². The first-order chi connectivity index (χ1) is 12.5. The summed E-state index contributed by atoms with van der Waals surface area (Å²) < 4.78 is 5.57. The van der Waals surface area contributed by atoms with E-state index in [2.05, 4.69) is 15.6 Å². The topological polar surface area (TPSA) is 84.2 Å². The number of nitrogens with one attached hydrogen (secondary N) is 2. The van der Waals surface area contributed by atoms with Crippen LogP contribution in [-0.4, -0.2) is 22.2 Å². The predicted octanol–water partition coefficient (Wildman–Crippen LogP) is 3.99. The molecule has 26 heavy (non-hydrogen) atoms. The van der Waals surface area contributed by atoms with Gasteiger partial charge in [0, 0.05) is 17.6 Å². The highest BCUT2D eigenvalue weighted by Gasteiger charge is 2.20. The molecule has 0 spiro atoms. The number of imide groups is 1. The van der Waals surface area contributed by atoms with Crippen molar-refractivity contribution < 1.29 is 14.0 Å². The maximum absolute atomic E-state index is 12.2. The number of carbonyl (C=O) groups excluding carboxylic acids is 2. The highest BCUT2D eigenvalue weighted by molar-refractivity contribution is 8.00. The summed E-state index contributed by atoms with van der Waals surface area (Å²) in [5.74, 6) is -0.430. The van der Waals surface area contributed by atoms with E-state index in [0.29, 0.717) is 27.9 Å². The maximum Gasteiger partial charge on any atom is 0.321 e. The monoisotopic (exact) mass is 389 g/mol. The Kier molecular flexibility index (Phi) is 5.80. The molecule has 3 amide bonds. The molecule has 0 saturated carbocycles. The molecule has 0 unspecified atom stereocenters. The van der Waals surface area contributed by atoms with Crippen LogP contribution in [0.4, 0.5) is 4.79 Å². The molecule has 0 aliphatic rings. The molecule has 3 rings (SSSR count). The third-order valence-corrected chi connectivity index (χ3v) is 4.69. The second-order valence-corrected chi connectivity index (χ2v) is 7.24. The minimum Gasteiger partial charge on any atom is -0.431 e. The van der Waals surface area contributed by atoms with E-state index in [0.717, 1.165) is 17.3 Å². The van der Waals surface area contributed by atoms with Crippen LogP contribution < -0.4 is 10.6 Å². The van der Waals surface area contributed by atoms with E-state index >= 15 is 0 Å². The summed E-state index contributed by atoms with van der Waals surface area (Å²) in [6.07, 6.45) is 0. The van der Waals surface area contributed by atoms with Gasteiger partial charge in [-0.15, -0.1) is 0 Å². The van der Waals surface area contributed by atoms with Gasteiger partial charge < -0.3 is 9.73 Å². The summed E-state index contributed by atoms with van der Waals surface area (Å²) in [4.78, 5) is 28.3. The van der Waals surface area contributed by atoms with Gasteiger partial charge in [-0.05, 0) is 24.6 Å². The number of amides is 3. The molecule has 0 aliphatic carbocycles. The number of oxazole rings is 1. The van der Waals surface area contributed by atoms with Gasteiger partial charge in [-0.1, -0.05) is 53.7 Å². The van der Waals surface area contributed by atoms with Gasteiger partial charge in [0.25, 0.3) is 5.22 Å². The van der Waals surface area contributed by atoms with Crippen molar-refractivity contribution in [2.75, 3.05) is 0 Å². The van der Waals surface area contributed by atoms with Crippen LogP contribution in [0.2, 0.25) is 5.02 Å². The molecule has 2 aromatic carbocycles. The number of nitrogens with zero attached hydrogens (tertiary/aromatic N) is 1. The molecule has 1 aromatic heterocycles. The fourth-order valence-corrected chi connectivity index (χ4v) is 3.09. The number of benzene rings is 2. The van der Waals surface area contributed by atoms with Crippen molar-refractivity contribution in [1.82, 2.24) is 15.6 Å². The van der Waals surface area contributed by atoms with Crippen LogP contribution in [0, 0.1) is 0 Å². The molecule has 1 heterocycles. The van der Waals surface area contributed by atoms with Crippen LogP contribution in [0.5, 0.6) is 0 Å². The van der Waals surface area contributed by atoms with Gasteiger partial charge in [-0.2, -0.15) is 0 Å². The second-order valence-electron chi connectivity index (χ2n) is 5.51. The molecule has 0 fully saturated rings. The standard InChI is InChI=1S/C18H16ClN3O3S/c1-11(26-18-21-14-8-7-13(19)9-15(14)25-18)16(23)22-17(24)20-10-12-5-3-2-4-6-12/h2-9,11H,10H2,1H3,(H2,20,22,23,24)/t11-/m0/s1. The van der Waals surface area contributed by atoms with Gasteiger partial charge in [0.2, 0.25) is 5.91 Å². The molecule has 0 bridgehead atoms. The fourth-order valence-electron chi connectivity index (χ4n) is 2.17. The van der Waals surface area contributed by atoms with Crippen LogP contribution in [0.3, 0.4) is 0 Å². The van der Waals surface area contributed by atoms with E-state index in [-0.39, 0.29) is 0 Å². The van der Waals surface area contributed by atoms with Crippen LogP contribution in [0.15, 0.2) is 58.2 Å². The van der Waals surface area contributed by atoms with E-state index in [9.17, 15) is 9.59 Å². The minimum absolute atomic E-state index is 0.341. The van der Waals surface area contributed by atoms with E-state index in [4.69, 9.17) is 16.0 Å². The molecular formula is C18H16ClN3O3S. The van der Waals surface area contributed by atoms with Crippen molar-refractivity contribution >= 4 is 46.4 Å². The zero-order valence-electron chi connectivity index (χ0n) is 13.9. The summed E-state index contributed by atoms with van der Waals surface area (Å²) in [7, 11) is 0. The van der Waals surface area contributed by atoms with E-state index in [1.165, 1.54) is 0 Å². The molecule has 2 N–H and O–H groups in total. The van der Waals surface area contributed by atoms with Crippen LogP contribution in [0.25, 0.3) is 11.1 Å². The normalized spacial score (nSPS) is 11.9. The lowest BCUT2D eigenvalue weighted by Gasteiger charge is -2.10. The number of aromatic nitrogens is 1. The predicted molar refractivity (Wildman–Crippen MR) is 101 cm³/mol. The SMILES string of the molecule is C[C@H](Sc1nc2ccc(Cl)cc2o1)C(=O)NC(=O)NCc1ccccc1. The number of halogens is 1. The summed E-state index contributed by atoms with van der Waals surface area (Å²) in [5, 5.41) is 5.29. The van der Waals surface area contributed by atoms with Gasteiger partial charge in [0.15, 0.2) is 5.58 Å². The Morgan fingerprint density at radius 3 is 2.77 bits per heavy atom. The number of rotatable bonds is 5. The summed E-state index contributed by atoms with van der Waals surface area (Å²) in [6.45, 7) is 2.01. The number of urea groups is 1. The zero-order chi connectivity index (χ0) is 18.5. The van der Waals surface area contributed by atoms with Gasteiger partial charge >= 0.3 is 6.03 Å². The zero-order valence-corrected chi connectivity index (χ0v) is 15.4. The lowest BCUT2D eigenvalue weighted by molar-refractivity contribution is -0.119. The number of carbonyl (C=O) groups is 2. The highest BCUT2D eigenvalue weighted by atomic mass is 35.5. The van der Waals surface area contributed by atoms with Crippen molar-refractivity contribution in [1.29, 1.82) is 0 Å². The average Bonchev–Trinajstić information content (AvgIpc) is 3.02. The Morgan fingerprint density at radius 1 is 1.23 bits per heavy atom. The lowest BCUT2D eigenvalue weighted by Crippen LogP contribution is -2.42. The van der Waals surface area contributed by atoms with Crippen LogP contribution in [0.1, 0.15) is 12.5 Å². The maximum atomic E-state index is 12.2. The van der Waals surface area contributed by atoms with Gasteiger partial charge in [-0.25, -0.2) is 9.78 Å². The number of hydrogen-bond donors (Lipinski definition) is 2. The first kappa shape index (κ1) is 18.3.